The lowest BCUT2D eigenvalue weighted by molar-refractivity contribution is -0.132. The second-order valence-corrected chi connectivity index (χ2v) is 7.68. The fourth-order valence-corrected chi connectivity index (χ4v) is 4.58. The summed E-state index contributed by atoms with van der Waals surface area (Å²) in [5.74, 6) is 0.757. The van der Waals surface area contributed by atoms with Crippen LogP contribution in [0, 0.1) is 0 Å². The number of aromatic nitrogens is 2. The zero-order valence-electron chi connectivity index (χ0n) is 13.8. The van der Waals surface area contributed by atoms with Crippen LogP contribution in [0.25, 0.3) is 10.9 Å². The highest BCUT2D eigenvalue weighted by atomic mass is 35.5. The Bertz CT molecular complexity index is 1040. The highest BCUT2D eigenvalue weighted by Gasteiger charge is 2.30. The third-order valence-electron chi connectivity index (χ3n) is 4.38. The largest absolute Gasteiger partial charge is 0.324 e. The van der Waals surface area contributed by atoms with Crippen molar-refractivity contribution in [2.45, 2.75) is 11.9 Å². The lowest BCUT2D eigenvalue weighted by Crippen LogP contribution is -2.36. The van der Waals surface area contributed by atoms with Gasteiger partial charge in [-0.1, -0.05) is 35.9 Å². The van der Waals surface area contributed by atoms with Gasteiger partial charge in [0.2, 0.25) is 5.91 Å². The van der Waals surface area contributed by atoms with E-state index in [2.05, 4.69) is 4.98 Å². The summed E-state index contributed by atoms with van der Waals surface area (Å²) in [6, 6.07) is 14.7. The van der Waals surface area contributed by atoms with E-state index in [1.165, 1.54) is 10.9 Å². The van der Waals surface area contributed by atoms with Crippen molar-refractivity contribution >= 4 is 40.2 Å². The van der Waals surface area contributed by atoms with E-state index in [9.17, 15) is 9.59 Å². The molecule has 132 valence electrons. The molecular weight excluding hydrogens is 370 g/mol. The lowest BCUT2D eigenvalue weighted by atomic mass is 10.2. The van der Waals surface area contributed by atoms with Crippen molar-refractivity contribution < 1.29 is 4.79 Å². The summed E-state index contributed by atoms with van der Waals surface area (Å²) in [4.78, 5) is 31.6. The van der Waals surface area contributed by atoms with Gasteiger partial charge >= 0.3 is 0 Å². The number of hydrogen-bond donors (Lipinski definition) is 0. The molecule has 4 rings (SSSR count). The smallest absolute Gasteiger partial charge is 0.261 e. The molecule has 3 aromatic rings. The van der Waals surface area contributed by atoms with Crippen molar-refractivity contribution in [2.24, 2.45) is 0 Å². The first kappa shape index (κ1) is 17.1. The van der Waals surface area contributed by atoms with Crippen LogP contribution >= 0.6 is 23.4 Å². The second kappa shape index (κ2) is 7.13. The van der Waals surface area contributed by atoms with Crippen LogP contribution in [0.3, 0.4) is 0 Å². The van der Waals surface area contributed by atoms with E-state index in [0.717, 1.165) is 11.3 Å². The first-order valence-electron chi connectivity index (χ1n) is 8.24. The standard InChI is InChI=1S/C19H16ClN3O2S/c20-14-5-3-4-13(10-14)19-23(8-9-26-19)17(24)11-22-12-21-16-7-2-1-6-15(16)18(22)25/h1-7,10,12,19H,8-9,11H2. The van der Waals surface area contributed by atoms with Crippen molar-refractivity contribution in [3.05, 3.63) is 75.8 Å². The van der Waals surface area contributed by atoms with Crippen molar-refractivity contribution in [1.29, 1.82) is 0 Å². The average Bonchev–Trinajstić information content (AvgIpc) is 3.14. The number of amides is 1. The topological polar surface area (TPSA) is 55.2 Å². The molecular formula is C19H16ClN3O2S. The molecule has 1 aliphatic heterocycles. The van der Waals surface area contributed by atoms with E-state index in [4.69, 9.17) is 11.6 Å². The van der Waals surface area contributed by atoms with E-state index in [1.54, 1.807) is 34.9 Å². The molecule has 0 saturated carbocycles. The van der Waals surface area contributed by atoms with E-state index in [0.29, 0.717) is 22.5 Å². The molecule has 0 aliphatic carbocycles. The fourth-order valence-electron chi connectivity index (χ4n) is 3.12. The molecule has 1 aromatic heterocycles. The summed E-state index contributed by atoms with van der Waals surface area (Å²) in [7, 11) is 0. The number of carbonyl (C=O) groups is 1. The molecule has 0 bridgehead atoms. The fraction of sp³-hybridized carbons (Fsp3) is 0.211. The molecule has 1 unspecified atom stereocenters. The summed E-state index contributed by atoms with van der Waals surface area (Å²) >= 11 is 7.79. The van der Waals surface area contributed by atoms with Crippen molar-refractivity contribution in [3.8, 4) is 0 Å². The molecule has 2 heterocycles. The van der Waals surface area contributed by atoms with Gasteiger partial charge in [0.05, 0.1) is 17.2 Å². The van der Waals surface area contributed by atoms with Gasteiger partial charge in [0.15, 0.2) is 0 Å². The number of benzene rings is 2. The van der Waals surface area contributed by atoms with Crippen LogP contribution in [0.4, 0.5) is 0 Å². The molecule has 26 heavy (non-hydrogen) atoms. The predicted octanol–water partition coefficient (Wildman–Crippen LogP) is 3.32. The molecule has 0 spiro atoms. The normalized spacial score (nSPS) is 17.0. The van der Waals surface area contributed by atoms with Gasteiger partial charge in [0.25, 0.3) is 5.56 Å². The van der Waals surface area contributed by atoms with Gasteiger partial charge in [-0.15, -0.1) is 11.8 Å². The van der Waals surface area contributed by atoms with Gasteiger partial charge in [-0.05, 0) is 29.8 Å². The van der Waals surface area contributed by atoms with E-state index in [1.807, 2.05) is 30.3 Å². The van der Waals surface area contributed by atoms with Gasteiger partial charge in [0.1, 0.15) is 11.9 Å². The zero-order valence-corrected chi connectivity index (χ0v) is 15.4. The minimum Gasteiger partial charge on any atom is -0.324 e. The molecule has 5 nitrogen and oxygen atoms in total. The van der Waals surface area contributed by atoms with E-state index < -0.39 is 0 Å². The Morgan fingerprint density at radius 1 is 1.23 bits per heavy atom. The Morgan fingerprint density at radius 2 is 2.08 bits per heavy atom. The number of hydrogen-bond acceptors (Lipinski definition) is 4. The highest BCUT2D eigenvalue weighted by molar-refractivity contribution is 7.99. The molecule has 1 amide bonds. The Balaban J connectivity index is 1.60. The maximum atomic E-state index is 12.9. The molecule has 2 aromatic carbocycles. The SMILES string of the molecule is O=C(Cn1cnc2ccccc2c1=O)N1CCSC1c1cccc(Cl)c1. The first-order valence-corrected chi connectivity index (χ1v) is 9.67. The Labute approximate surface area is 159 Å². The molecule has 0 radical (unpaired) electrons. The third-order valence-corrected chi connectivity index (χ3v) is 5.88. The monoisotopic (exact) mass is 385 g/mol. The van der Waals surface area contributed by atoms with Crippen LogP contribution in [-0.4, -0.2) is 32.7 Å². The summed E-state index contributed by atoms with van der Waals surface area (Å²) < 4.78 is 1.38. The lowest BCUT2D eigenvalue weighted by Gasteiger charge is -2.24. The number of nitrogens with zero attached hydrogens (tertiary/aromatic N) is 3. The van der Waals surface area contributed by atoms with E-state index >= 15 is 0 Å². The molecule has 1 fully saturated rings. The number of carbonyl (C=O) groups excluding carboxylic acids is 1. The van der Waals surface area contributed by atoms with Gasteiger partial charge in [-0.3, -0.25) is 14.2 Å². The number of fused-ring (bicyclic) bond motifs is 1. The summed E-state index contributed by atoms with van der Waals surface area (Å²) in [5.41, 5.74) is 1.43. The number of halogens is 1. The van der Waals surface area contributed by atoms with E-state index in [-0.39, 0.29) is 23.4 Å². The Morgan fingerprint density at radius 3 is 2.92 bits per heavy atom. The molecule has 1 atom stereocenters. The minimum atomic E-state index is -0.199. The number of para-hydroxylation sites is 1. The van der Waals surface area contributed by atoms with Crippen molar-refractivity contribution in [2.75, 3.05) is 12.3 Å². The van der Waals surface area contributed by atoms with Crippen LogP contribution in [0.5, 0.6) is 0 Å². The Kier molecular flexibility index (Phi) is 4.70. The summed E-state index contributed by atoms with van der Waals surface area (Å²) in [6.45, 7) is 0.630. The summed E-state index contributed by atoms with van der Waals surface area (Å²) in [5, 5.41) is 1.09. The van der Waals surface area contributed by atoms with Gasteiger partial charge < -0.3 is 4.90 Å². The first-order chi connectivity index (χ1) is 12.6. The van der Waals surface area contributed by atoms with Crippen molar-refractivity contribution in [3.63, 3.8) is 0 Å². The summed E-state index contributed by atoms with van der Waals surface area (Å²) in [6.07, 6.45) is 1.44. The van der Waals surface area contributed by atoms with Gasteiger partial charge in [0, 0.05) is 17.3 Å². The van der Waals surface area contributed by atoms with Gasteiger partial charge in [-0.25, -0.2) is 4.98 Å². The highest BCUT2D eigenvalue weighted by Crippen LogP contribution is 2.38. The predicted molar refractivity (Wildman–Crippen MR) is 104 cm³/mol. The van der Waals surface area contributed by atoms with Gasteiger partial charge in [-0.2, -0.15) is 0 Å². The van der Waals surface area contributed by atoms with Crippen LogP contribution in [-0.2, 0) is 11.3 Å². The number of rotatable bonds is 3. The third kappa shape index (κ3) is 3.22. The molecule has 1 saturated heterocycles. The zero-order chi connectivity index (χ0) is 18.1. The van der Waals surface area contributed by atoms with Crippen LogP contribution in [0.2, 0.25) is 5.02 Å². The molecule has 1 aliphatic rings. The van der Waals surface area contributed by atoms with Crippen molar-refractivity contribution in [1.82, 2.24) is 14.5 Å². The minimum absolute atomic E-state index is 0.0196. The quantitative estimate of drug-likeness (QED) is 0.694. The Hall–Kier alpha value is -2.31. The van der Waals surface area contributed by atoms with Crippen LogP contribution < -0.4 is 5.56 Å². The maximum Gasteiger partial charge on any atom is 0.261 e. The number of thioether (sulfide) groups is 1. The molecule has 7 heteroatoms. The second-order valence-electron chi connectivity index (χ2n) is 6.06. The maximum absolute atomic E-state index is 12.9. The average molecular weight is 386 g/mol. The van der Waals surface area contributed by atoms with Crippen LogP contribution in [0.15, 0.2) is 59.7 Å². The molecule has 0 N–H and O–H groups in total. The van der Waals surface area contributed by atoms with Crippen LogP contribution in [0.1, 0.15) is 10.9 Å².